The number of alkyl halides is 3. The van der Waals surface area contributed by atoms with Gasteiger partial charge in [0.25, 0.3) is 0 Å². The highest BCUT2D eigenvalue weighted by Gasteiger charge is 2.33. The van der Waals surface area contributed by atoms with Crippen LogP contribution in [0.2, 0.25) is 0 Å². The van der Waals surface area contributed by atoms with E-state index in [4.69, 9.17) is 0 Å². The number of halogens is 3. The Hall–Kier alpha value is -1.85. The van der Waals surface area contributed by atoms with Crippen LogP contribution in [0.5, 0.6) is 0 Å². The van der Waals surface area contributed by atoms with E-state index in [0.29, 0.717) is 16.8 Å². The molecule has 106 valence electrons. The zero-order chi connectivity index (χ0) is 14.3. The van der Waals surface area contributed by atoms with Crippen molar-refractivity contribution in [2.24, 2.45) is 0 Å². The molecule has 0 spiro atoms. The highest BCUT2D eigenvalue weighted by molar-refractivity contribution is 5.63. The van der Waals surface area contributed by atoms with Crippen molar-refractivity contribution in [2.75, 3.05) is 0 Å². The molecule has 0 bridgehead atoms. The minimum absolute atomic E-state index is 0.509. The summed E-state index contributed by atoms with van der Waals surface area (Å²) < 4.78 is 40.2. The predicted molar refractivity (Wildman–Crippen MR) is 68.1 cm³/mol. The Labute approximate surface area is 114 Å². The second kappa shape index (κ2) is 4.61. The largest absolute Gasteiger partial charge is 0.433 e. The summed E-state index contributed by atoms with van der Waals surface area (Å²) in [7, 11) is 0. The summed E-state index contributed by atoms with van der Waals surface area (Å²) in [5, 5.41) is 4.43. The van der Waals surface area contributed by atoms with Crippen LogP contribution in [0.1, 0.15) is 29.8 Å². The summed E-state index contributed by atoms with van der Waals surface area (Å²) in [6, 6.07) is 2.98. The minimum Gasteiger partial charge on any atom is -0.269 e. The Morgan fingerprint density at radius 3 is 2.70 bits per heavy atom. The molecule has 0 radical (unpaired) electrons. The van der Waals surface area contributed by atoms with Gasteiger partial charge in [0, 0.05) is 24.0 Å². The summed E-state index contributed by atoms with van der Waals surface area (Å²) >= 11 is 0. The van der Waals surface area contributed by atoms with E-state index >= 15 is 0 Å². The van der Waals surface area contributed by atoms with E-state index in [-0.39, 0.29) is 0 Å². The number of aryl methyl sites for hydroxylation is 3. The summed E-state index contributed by atoms with van der Waals surface area (Å²) in [6.07, 6.45) is -0.0624. The number of pyridine rings is 1. The molecule has 2 aromatic heterocycles. The van der Waals surface area contributed by atoms with Gasteiger partial charge < -0.3 is 0 Å². The SMILES string of the molecule is Cc1cnc(C(F)(F)F)cc1-c1cc2n(n1)CCCC2. The highest BCUT2D eigenvalue weighted by Crippen LogP contribution is 2.32. The lowest BCUT2D eigenvalue weighted by atomic mass is 10.1. The van der Waals surface area contributed by atoms with Crippen LogP contribution in [-0.2, 0) is 19.1 Å². The molecule has 0 aliphatic carbocycles. The van der Waals surface area contributed by atoms with Crippen molar-refractivity contribution in [1.29, 1.82) is 0 Å². The van der Waals surface area contributed by atoms with Gasteiger partial charge in [-0.3, -0.25) is 9.67 Å². The molecule has 3 nitrogen and oxygen atoms in total. The van der Waals surface area contributed by atoms with Crippen LogP contribution in [0, 0.1) is 6.92 Å². The maximum absolute atomic E-state index is 12.8. The number of aromatic nitrogens is 3. The lowest BCUT2D eigenvalue weighted by Crippen LogP contribution is -2.10. The standard InChI is InChI=1S/C14H14F3N3/c1-9-8-18-13(14(15,16)17)7-11(9)12-6-10-4-2-3-5-20(10)19-12/h6-8H,2-5H2,1H3. The summed E-state index contributed by atoms with van der Waals surface area (Å²) in [5.74, 6) is 0. The fraction of sp³-hybridized carbons (Fsp3) is 0.429. The maximum atomic E-state index is 12.8. The molecule has 1 aliphatic heterocycles. The predicted octanol–water partition coefficient (Wildman–Crippen LogP) is 3.61. The third-order valence-electron chi connectivity index (χ3n) is 3.59. The molecule has 0 aromatic carbocycles. The molecular formula is C14H14F3N3. The van der Waals surface area contributed by atoms with Gasteiger partial charge in [-0.25, -0.2) is 0 Å². The molecule has 0 atom stereocenters. The third-order valence-corrected chi connectivity index (χ3v) is 3.59. The van der Waals surface area contributed by atoms with Crippen LogP contribution in [-0.4, -0.2) is 14.8 Å². The molecule has 20 heavy (non-hydrogen) atoms. The molecule has 6 heteroatoms. The van der Waals surface area contributed by atoms with E-state index in [0.717, 1.165) is 37.6 Å². The first kappa shape index (κ1) is 13.1. The van der Waals surface area contributed by atoms with Gasteiger partial charge in [-0.15, -0.1) is 0 Å². The van der Waals surface area contributed by atoms with Crippen molar-refractivity contribution in [1.82, 2.24) is 14.8 Å². The van der Waals surface area contributed by atoms with Gasteiger partial charge >= 0.3 is 6.18 Å². The zero-order valence-electron chi connectivity index (χ0n) is 11.0. The number of hydrogen-bond acceptors (Lipinski definition) is 2. The topological polar surface area (TPSA) is 30.7 Å². The van der Waals surface area contributed by atoms with Gasteiger partial charge in [0.2, 0.25) is 0 Å². The number of fused-ring (bicyclic) bond motifs is 1. The van der Waals surface area contributed by atoms with Crippen LogP contribution in [0.4, 0.5) is 13.2 Å². The molecule has 0 saturated heterocycles. The average Bonchev–Trinajstić information content (AvgIpc) is 2.81. The van der Waals surface area contributed by atoms with E-state index in [1.54, 1.807) is 6.92 Å². The Morgan fingerprint density at radius 2 is 2.00 bits per heavy atom. The Bertz CT molecular complexity index is 620. The molecule has 0 amide bonds. The van der Waals surface area contributed by atoms with Crippen molar-refractivity contribution in [3.05, 3.63) is 35.3 Å². The van der Waals surface area contributed by atoms with Crippen LogP contribution in [0.25, 0.3) is 11.3 Å². The molecule has 3 heterocycles. The fourth-order valence-electron chi connectivity index (χ4n) is 2.50. The monoisotopic (exact) mass is 281 g/mol. The lowest BCUT2D eigenvalue weighted by Gasteiger charge is -2.11. The summed E-state index contributed by atoms with van der Waals surface area (Å²) in [5.41, 5.74) is 2.04. The Kier molecular flexibility index (Phi) is 3.03. The molecule has 2 aromatic rings. The van der Waals surface area contributed by atoms with Crippen molar-refractivity contribution in [3.8, 4) is 11.3 Å². The molecule has 0 unspecified atom stereocenters. The number of hydrogen-bond donors (Lipinski definition) is 0. The van der Waals surface area contributed by atoms with E-state index in [1.807, 2.05) is 10.7 Å². The van der Waals surface area contributed by atoms with Crippen molar-refractivity contribution in [3.63, 3.8) is 0 Å². The first-order valence-electron chi connectivity index (χ1n) is 6.56. The van der Waals surface area contributed by atoms with E-state index < -0.39 is 11.9 Å². The Morgan fingerprint density at radius 1 is 1.20 bits per heavy atom. The van der Waals surface area contributed by atoms with Gasteiger partial charge in [-0.1, -0.05) is 0 Å². The fourth-order valence-corrected chi connectivity index (χ4v) is 2.50. The van der Waals surface area contributed by atoms with Crippen molar-refractivity contribution >= 4 is 0 Å². The molecule has 0 N–H and O–H groups in total. The smallest absolute Gasteiger partial charge is 0.269 e. The van der Waals surface area contributed by atoms with Gasteiger partial charge in [-0.2, -0.15) is 18.3 Å². The van der Waals surface area contributed by atoms with E-state index in [1.165, 1.54) is 6.20 Å². The van der Waals surface area contributed by atoms with E-state index in [9.17, 15) is 13.2 Å². The van der Waals surface area contributed by atoms with E-state index in [2.05, 4.69) is 10.1 Å². The quantitative estimate of drug-likeness (QED) is 0.799. The van der Waals surface area contributed by atoms with Crippen LogP contribution in [0.3, 0.4) is 0 Å². The van der Waals surface area contributed by atoms with Crippen molar-refractivity contribution < 1.29 is 13.2 Å². The second-order valence-corrected chi connectivity index (χ2v) is 5.08. The van der Waals surface area contributed by atoms with Crippen LogP contribution in [0.15, 0.2) is 18.3 Å². The Balaban J connectivity index is 2.07. The van der Waals surface area contributed by atoms with Gasteiger partial charge in [0.15, 0.2) is 0 Å². The molecule has 1 aliphatic rings. The third kappa shape index (κ3) is 2.30. The average molecular weight is 281 g/mol. The number of nitrogens with zero attached hydrogens (tertiary/aromatic N) is 3. The second-order valence-electron chi connectivity index (χ2n) is 5.08. The van der Waals surface area contributed by atoms with Gasteiger partial charge in [0.05, 0.1) is 5.69 Å². The first-order valence-corrected chi connectivity index (χ1v) is 6.56. The van der Waals surface area contributed by atoms with Crippen LogP contribution >= 0.6 is 0 Å². The molecule has 0 fully saturated rings. The highest BCUT2D eigenvalue weighted by atomic mass is 19.4. The van der Waals surface area contributed by atoms with Gasteiger partial charge in [0.1, 0.15) is 5.69 Å². The lowest BCUT2D eigenvalue weighted by molar-refractivity contribution is -0.141. The maximum Gasteiger partial charge on any atom is 0.433 e. The molecule has 3 rings (SSSR count). The zero-order valence-corrected chi connectivity index (χ0v) is 11.0. The summed E-state index contributed by atoms with van der Waals surface area (Å²) in [4.78, 5) is 3.46. The summed E-state index contributed by atoms with van der Waals surface area (Å²) in [6.45, 7) is 2.59. The normalized spacial score (nSPS) is 15.2. The van der Waals surface area contributed by atoms with Crippen molar-refractivity contribution in [2.45, 2.75) is 38.9 Å². The van der Waals surface area contributed by atoms with Gasteiger partial charge in [-0.05, 0) is 43.9 Å². The molecular weight excluding hydrogens is 267 g/mol. The van der Waals surface area contributed by atoms with Crippen LogP contribution < -0.4 is 0 Å². The minimum atomic E-state index is -4.43. The number of rotatable bonds is 1. The first-order chi connectivity index (χ1) is 9.45. The molecule has 0 saturated carbocycles.